The number of hydrogen-bond donors (Lipinski definition) is 10. The molecule has 0 fully saturated rings. The molecule has 1 aromatic heterocycles. The van der Waals surface area contributed by atoms with Gasteiger partial charge in [-0.1, -0.05) is 23.4 Å². The molecule has 4 unspecified atom stereocenters. The molecule has 0 bridgehead atoms. The third-order valence-electron chi connectivity index (χ3n) is 10.8. The first-order valence-electron chi connectivity index (χ1n) is 27.0. The number of methoxy groups -OCH3 is 4. The molecule has 34 heteroatoms. The minimum atomic E-state index is -1.27. The summed E-state index contributed by atoms with van der Waals surface area (Å²) < 4.78 is 58.6. The summed E-state index contributed by atoms with van der Waals surface area (Å²) in [5, 5.41) is 38.5. The van der Waals surface area contributed by atoms with E-state index >= 15 is 0 Å². The largest absolute Gasteiger partial charge is 0.537 e. The molecule has 0 spiro atoms. The lowest BCUT2D eigenvalue weighted by molar-refractivity contribution is -0.142. The fourth-order valence-corrected chi connectivity index (χ4v) is 6.27. The van der Waals surface area contributed by atoms with Gasteiger partial charge in [0.1, 0.15) is 29.2 Å². The number of aromatic nitrogens is 3. The molecule has 5 amide bonds. The number of alkyl carbamates (subject to hydrolysis) is 3. The van der Waals surface area contributed by atoms with Gasteiger partial charge in [-0.05, 0) is 101 Å². The Balaban J connectivity index is 0.00000147. The van der Waals surface area contributed by atoms with E-state index in [9.17, 15) is 43.5 Å². The fraction of sp³-hybridized carbons (Fsp3) is 0.720. The van der Waals surface area contributed by atoms with Crippen molar-refractivity contribution in [3.8, 4) is 0 Å². The number of ether oxygens (including phenoxy) is 12. The van der Waals surface area contributed by atoms with Crippen LogP contribution in [0.15, 0.2) is 24.3 Å². The molecule has 84 heavy (non-hydrogen) atoms. The summed E-state index contributed by atoms with van der Waals surface area (Å²) in [6.07, 6.45) is 2.30. The summed E-state index contributed by atoms with van der Waals surface area (Å²) >= 11 is 0. The Kier molecular flexibility index (Phi) is 48.6. The Hall–Kier alpha value is -6.86. The molecule has 13 N–H and O–H groups in total. The highest BCUT2D eigenvalue weighted by Gasteiger charge is 2.27. The van der Waals surface area contributed by atoms with Crippen molar-refractivity contribution in [2.45, 2.75) is 101 Å². The Morgan fingerprint density at radius 1 is 0.512 bits per heavy atom. The number of nitrogens with two attached hydrogens (primary N) is 3. The van der Waals surface area contributed by atoms with Gasteiger partial charge < -0.3 is 111 Å². The standard InChI is InChI=1S/C27H50N4O15.C12H26N4O3.C11H13N3O5/c1-38-12-15-41-18-44-25(35)28-10-6-4-8-21(31-27(37)46-20-43-17-14-40-3)23(32)30-22(24(33)34)9-5-7-11-29-26(36)45-19-42-16-13-39-2;13-7-3-1-5-9(15)11(17)16-10(12(18)19)6-2-4-8-14;1-16-6-7-17-8-18-11(15)19-14-10-5-3-2-4-9(10)12-13-14/h21-22H,4-20H2,1-3H3,(H,28,35)(H,29,36)(H,30,32)(H,31,37)(H,33,34);9-10H,1-8,13-15H2,(H,16,17)(H,18,19);2-5H,6-8H2,1H3. The SMILES string of the molecule is COCCOCOC(=O)NCCCCC(NC(=O)C(CCCCNC(=O)OCOCCOC)NC(=O)OCOCCOC)C(=O)O.COCCOCOC(=O)On1nnc2ccccc21.NCCCCC(N)C(=O)NC(CCCCN)C(=O)O. The maximum absolute atomic E-state index is 13.0. The molecule has 0 aliphatic heterocycles. The van der Waals surface area contributed by atoms with Crippen LogP contribution >= 0.6 is 0 Å². The Bertz CT molecular complexity index is 2080. The number of fused-ring (bicyclic) bond motifs is 1. The van der Waals surface area contributed by atoms with Crippen molar-refractivity contribution in [3.63, 3.8) is 0 Å². The molecule has 482 valence electrons. The molecule has 1 heterocycles. The molecule has 0 aliphatic rings. The van der Waals surface area contributed by atoms with Gasteiger partial charge in [-0.2, -0.15) is 0 Å². The third kappa shape index (κ3) is 42.0. The van der Waals surface area contributed by atoms with Gasteiger partial charge in [0.2, 0.25) is 11.8 Å². The van der Waals surface area contributed by atoms with Crippen molar-refractivity contribution >= 4 is 59.2 Å². The minimum absolute atomic E-state index is 0.0592. The van der Waals surface area contributed by atoms with Crippen LogP contribution in [0.4, 0.5) is 19.2 Å². The summed E-state index contributed by atoms with van der Waals surface area (Å²) in [5.74, 6) is -3.46. The van der Waals surface area contributed by atoms with Gasteiger partial charge in [-0.15, -0.1) is 5.10 Å². The molecule has 1 aromatic carbocycles. The maximum atomic E-state index is 13.0. The topological polar surface area (TPSA) is 466 Å². The van der Waals surface area contributed by atoms with E-state index in [1.54, 1.807) is 25.3 Å². The van der Waals surface area contributed by atoms with Crippen molar-refractivity contribution in [3.05, 3.63) is 24.3 Å². The number of rotatable bonds is 46. The van der Waals surface area contributed by atoms with Crippen molar-refractivity contribution in [1.29, 1.82) is 0 Å². The van der Waals surface area contributed by atoms with E-state index in [1.807, 2.05) is 6.07 Å². The van der Waals surface area contributed by atoms with Crippen LogP contribution in [0.5, 0.6) is 0 Å². The van der Waals surface area contributed by atoms with Gasteiger partial charge in [0.05, 0.1) is 58.9 Å². The first kappa shape index (κ1) is 77.1. The normalized spacial score (nSPS) is 12.1. The highest BCUT2D eigenvalue weighted by Crippen LogP contribution is 2.10. The van der Waals surface area contributed by atoms with Crippen LogP contribution in [0.25, 0.3) is 11.0 Å². The second kappa shape index (κ2) is 52.9. The van der Waals surface area contributed by atoms with Gasteiger partial charge in [0, 0.05) is 41.5 Å². The number of benzene rings is 1. The van der Waals surface area contributed by atoms with E-state index < -0.39 is 72.4 Å². The van der Waals surface area contributed by atoms with Crippen molar-refractivity contribution in [1.82, 2.24) is 41.7 Å². The van der Waals surface area contributed by atoms with Crippen molar-refractivity contribution in [2.75, 3.05) is 135 Å². The summed E-state index contributed by atoms with van der Waals surface area (Å²) in [7, 11) is 6.06. The first-order valence-corrected chi connectivity index (χ1v) is 27.0. The second-order valence-corrected chi connectivity index (χ2v) is 17.3. The predicted molar refractivity (Wildman–Crippen MR) is 294 cm³/mol. The highest BCUT2D eigenvalue weighted by atomic mass is 16.8. The lowest BCUT2D eigenvalue weighted by Gasteiger charge is -2.21. The Morgan fingerprint density at radius 3 is 1.39 bits per heavy atom. The highest BCUT2D eigenvalue weighted by molar-refractivity contribution is 5.89. The predicted octanol–water partition coefficient (Wildman–Crippen LogP) is 0.0632. The average molecular weight is 1210 g/mol. The lowest BCUT2D eigenvalue weighted by Crippen LogP contribution is -2.51. The number of carboxylic acids is 2. The minimum Gasteiger partial charge on any atom is -0.480 e. The maximum Gasteiger partial charge on any atom is 0.537 e. The zero-order chi connectivity index (χ0) is 62.4. The lowest BCUT2D eigenvalue weighted by atomic mass is 10.1. The number of amides is 5. The number of nitrogens with zero attached hydrogens (tertiary/aromatic N) is 3. The smallest absolute Gasteiger partial charge is 0.480 e. The molecule has 34 nitrogen and oxygen atoms in total. The number of nitrogens with one attached hydrogen (secondary N) is 5. The molecular weight excluding hydrogens is 1120 g/mol. The van der Waals surface area contributed by atoms with Crippen LogP contribution in [0.3, 0.4) is 0 Å². The summed E-state index contributed by atoms with van der Waals surface area (Å²) in [6, 6.07) is 3.10. The molecule has 0 radical (unpaired) electrons. The number of carbonyl (C=O) groups excluding carboxylic acids is 6. The van der Waals surface area contributed by atoms with Gasteiger partial charge in [-0.25, -0.2) is 28.8 Å². The van der Waals surface area contributed by atoms with Gasteiger partial charge in [-0.3, -0.25) is 14.4 Å². The molecule has 2 aromatic rings. The first-order chi connectivity index (χ1) is 40.6. The number of para-hydroxylation sites is 1. The van der Waals surface area contributed by atoms with Crippen molar-refractivity contribution in [2.24, 2.45) is 17.2 Å². The number of carboxylic acid groups (broad SMARTS) is 2. The van der Waals surface area contributed by atoms with Crippen LogP contribution in [-0.4, -0.2) is 232 Å². The zero-order valence-electron chi connectivity index (χ0n) is 48.5. The van der Waals surface area contributed by atoms with Crippen LogP contribution in [-0.2, 0) is 76.0 Å². The third-order valence-corrected chi connectivity index (χ3v) is 10.8. The van der Waals surface area contributed by atoms with E-state index in [0.717, 1.165) is 24.1 Å². The number of unbranched alkanes of at least 4 members (excludes halogenated alkanes) is 4. The summed E-state index contributed by atoms with van der Waals surface area (Å²) in [6.45, 7) is 2.91. The molecule has 4 atom stereocenters. The summed E-state index contributed by atoms with van der Waals surface area (Å²) in [4.78, 5) is 100. The zero-order valence-corrected chi connectivity index (χ0v) is 48.5. The van der Waals surface area contributed by atoms with E-state index in [2.05, 4.69) is 41.6 Å². The molecule has 2 rings (SSSR count). The van der Waals surface area contributed by atoms with Crippen LogP contribution in [0.2, 0.25) is 0 Å². The van der Waals surface area contributed by atoms with Crippen LogP contribution in [0, 0.1) is 0 Å². The second-order valence-electron chi connectivity index (χ2n) is 17.3. The number of carbonyl (C=O) groups is 8. The molecule has 0 saturated heterocycles. The van der Waals surface area contributed by atoms with Gasteiger partial charge >= 0.3 is 36.4 Å². The quantitative estimate of drug-likeness (QED) is 0.0138. The summed E-state index contributed by atoms with van der Waals surface area (Å²) in [5.41, 5.74) is 17.6. The number of hydrogen-bond acceptors (Lipinski definition) is 26. The van der Waals surface area contributed by atoms with Crippen molar-refractivity contribution < 1.29 is 110 Å². The van der Waals surface area contributed by atoms with Crippen LogP contribution < -0.4 is 48.6 Å². The van der Waals surface area contributed by atoms with Gasteiger partial charge in [0.25, 0.3) is 0 Å². The molecular formula is C50H89N11O23. The van der Waals surface area contributed by atoms with E-state index in [-0.39, 0.29) is 72.9 Å². The van der Waals surface area contributed by atoms with E-state index in [4.69, 9.17) is 79.3 Å². The fourth-order valence-electron chi connectivity index (χ4n) is 6.27. The van der Waals surface area contributed by atoms with E-state index in [1.165, 1.54) is 21.3 Å². The van der Waals surface area contributed by atoms with Gasteiger partial charge in [0.15, 0.2) is 27.2 Å². The average Bonchev–Trinajstić information content (AvgIpc) is 4.11. The monoisotopic (exact) mass is 1210 g/mol. The molecule has 0 aliphatic carbocycles. The Morgan fingerprint density at radius 2 is 0.929 bits per heavy atom. The van der Waals surface area contributed by atoms with E-state index in [0.29, 0.717) is 102 Å². The molecule has 0 saturated carbocycles. The Labute approximate surface area is 487 Å². The number of aliphatic carboxylic acids is 2. The van der Waals surface area contributed by atoms with Crippen LogP contribution in [0.1, 0.15) is 77.0 Å².